The van der Waals surface area contributed by atoms with Crippen molar-refractivity contribution < 1.29 is 9.31 Å². The molecular weight excluding hydrogens is 364 g/mol. The van der Waals surface area contributed by atoms with Gasteiger partial charge in [0.15, 0.2) is 0 Å². The average Bonchev–Trinajstić information content (AvgIpc) is 2.62. The Balaban J connectivity index is 2.22. The van der Waals surface area contributed by atoms with Crippen molar-refractivity contribution in [2.24, 2.45) is 0 Å². The summed E-state index contributed by atoms with van der Waals surface area (Å²) in [7, 11) is 0. The molecule has 1 aliphatic heterocycles. The van der Waals surface area contributed by atoms with Crippen LogP contribution in [0.2, 0.25) is 0 Å². The van der Waals surface area contributed by atoms with Crippen LogP contribution in [0.1, 0.15) is 19.3 Å². The van der Waals surface area contributed by atoms with Crippen LogP contribution in [-0.4, -0.2) is 24.1 Å². The topological polar surface area (TPSA) is 67.2 Å². The zero-order valence-electron chi connectivity index (χ0n) is 10.3. The van der Waals surface area contributed by atoms with Gasteiger partial charge in [0.2, 0.25) is 0 Å². The van der Waals surface area contributed by atoms with Crippen LogP contribution in [0.3, 0.4) is 0 Å². The van der Waals surface area contributed by atoms with E-state index in [-0.39, 0.29) is 21.0 Å². The van der Waals surface area contributed by atoms with Crippen LogP contribution >= 0.6 is 22.6 Å². The minimum Gasteiger partial charge on any atom is -0.375 e. The summed E-state index contributed by atoms with van der Waals surface area (Å²) in [6.07, 6.45) is 3.09. The van der Waals surface area contributed by atoms with Crippen molar-refractivity contribution in [3.8, 4) is 0 Å². The summed E-state index contributed by atoms with van der Waals surface area (Å²) >= 11 is 1.76. The van der Waals surface area contributed by atoms with Gasteiger partial charge >= 0.3 is 0 Å². The number of benzene rings is 1. The number of nitrogens with zero attached hydrogens (tertiary/aromatic N) is 1. The van der Waals surface area contributed by atoms with E-state index in [1.165, 1.54) is 12.1 Å². The summed E-state index contributed by atoms with van der Waals surface area (Å²) in [4.78, 5) is 10.5. The Hall–Kier alpha value is -0.960. The molecule has 1 unspecified atom stereocenters. The second-order valence-electron chi connectivity index (χ2n) is 4.58. The lowest BCUT2D eigenvalue weighted by molar-refractivity contribution is -0.384. The number of nitro benzene ring substituents is 1. The highest BCUT2D eigenvalue weighted by Crippen LogP contribution is 2.29. The molecule has 2 N–H and O–H groups in total. The fraction of sp³-hybridized carbons (Fsp3) is 0.500. The molecule has 0 aromatic heterocycles. The van der Waals surface area contributed by atoms with Gasteiger partial charge in [-0.1, -0.05) is 6.42 Å². The van der Waals surface area contributed by atoms with E-state index in [4.69, 9.17) is 0 Å². The highest BCUT2D eigenvalue weighted by Gasteiger charge is 2.20. The fourth-order valence-corrected chi connectivity index (χ4v) is 2.62. The molecule has 1 atom stereocenters. The number of nitro groups is 1. The molecule has 1 fully saturated rings. The number of rotatable bonds is 3. The van der Waals surface area contributed by atoms with Crippen LogP contribution in [0, 0.1) is 19.5 Å². The lowest BCUT2D eigenvalue weighted by atomic mass is 10.1. The van der Waals surface area contributed by atoms with Gasteiger partial charge in [0.05, 0.1) is 8.49 Å². The molecule has 1 heterocycles. The molecule has 104 valence electrons. The highest BCUT2D eigenvalue weighted by molar-refractivity contribution is 14.1. The SMILES string of the molecule is O=[N+]([O-])c1cc(I)c(F)cc1NC1CCCCNC1. The van der Waals surface area contributed by atoms with Gasteiger partial charge in [0, 0.05) is 24.7 Å². The van der Waals surface area contributed by atoms with Crippen molar-refractivity contribution in [1.82, 2.24) is 5.32 Å². The molecule has 0 bridgehead atoms. The molecule has 1 aromatic rings. The first kappa shape index (κ1) is 14.4. The smallest absolute Gasteiger partial charge is 0.293 e. The summed E-state index contributed by atoms with van der Waals surface area (Å²) in [6.45, 7) is 1.70. The lowest BCUT2D eigenvalue weighted by Crippen LogP contribution is -2.31. The monoisotopic (exact) mass is 379 g/mol. The van der Waals surface area contributed by atoms with Crippen molar-refractivity contribution in [2.45, 2.75) is 25.3 Å². The Labute approximate surface area is 124 Å². The molecule has 7 heteroatoms. The Bertz CT molecular complexity index is 476. The molecule has 1 saturated heterocycles. The third-order valence-corrected chi connectivity index (χ3v) is 3.97. The minimum atomic E-state index is -0.478. The third-order valence-electron chi connectivity index (χ3n) is 3.14. The average molecular weight is 379 g/mol. The van der Waals surface area contributed by atoms with E-state index in [0.29, 0.717) is 0 Å². The quantitative estimate of drug-likeness (QED) is 0.482. The van der Waals surface area contributed by atoms with Crippen molar-refractivity contribution in [3.05, 3.63) is 31.6 Å². The molecule has 0 spiro atoms. The molecule has 19 heavy (non-hydrogen) atoms. The highest BCUT2D eigenvalue weighted by atomic mass is 127. The Morgan fingerprint density at radius 2 is 2.26 bits per heavy atom. The second kappa shape index (κ2) is 6.47. The molecule has 0 aliphatic carbocycles. The summed E-state index contributed by atoms with van der Waals surface area (Å²) < 4.78 is 13.8. The number of halogens is 2. The third kappa shape index (κ3) is 3.75. The zero-order chi connectivity index (χ0) is 13.8. The van der Waals surface area contributed by atoms with Gasteiger partial charge in [-0.3, -0.25) is 10.1 Å². The Kier molecular flexibility index (Phi) is 4.92. The Morgan fingerprint density at radius 3 is 3.00 bits per heavy atom. The van der Waals surface area contributed by atoms with Crippen LogP contribution in [-0.2, 0) is 0 Å². The van der Waals surface area contributed by atoms with Gasteiger partial charge in [0.25, 0.3) is 5.69 Å². The second-order valence-corrected chi connectivity index (χ2v) is 5.74. The van der Waals surface area contributed by atoms with Gasteiger partial charge in [0.1, 0.15) is 11.5 Å². The number of hydrogen-bond acceptors (Lipinski definition) is 4. The first-order valence-corrected chi connectivity index (χ1v) is 7.26. The van der Waals surface area contributed by atoms with Gasteiger partial charge in [-0.25, -0.2) is 4.39 Å². The van der Waals surface area contributed by atoms with Crippen LogP contribution in [0.4, 0.5) is 15.8 Å². The van der Waals surface area contributed by atoms with Gasteiger partial charge in [-0.15, -0.1) is 0 Å². The molecule has 2 rings (SSSR count). The number of anilines is 1. The summed E-state index contributed by atoms with van der Waals surface area (Å²) in [5, 5.41) is 17.4. The lowest BCUT2D eigenvalue weighted by Gasteiger charge is -2.18. The van der Waals surface area contributed by atoms with E-state index >= 15 is 0 Å². The van der Waals surface area contributed by atoms with Crippen molar-refractivity contribution in [3.63, 3.8) is 0 Å². The zero-order valence-corrected chi connectivity index (χ0v) is 12.4. The standard InChI is InChI=1S/C12H15FIN3O2/c13-9-5-11(12(17(18)19)6-10(9)14)16-8-3-1-2-4-15-7-8/h5-6,8,15-16H,1-4,7H2. The van der Waals surface area contributed by atoms with Crippen molar-refractivity contribution in [1.29, 1.82) is 0 Å². The van der Waals surface area contributed by atoms with Gasteiger partial charge < -0.3 is 10.6 Å². The van der Waals surface area contributed by atoms with Crippen molar-refractivity contribution in [2.75, 3.05) is 18.4 Å². The van der Waals surface area contributed by atoms with E-state index in [2.05, 4.69) is 10.6 Å². The van der Waals surface area contributed by atoms with Crippen LogP contribution in [0.15, 0.2) is 12.1 Å². The van der Waals surface area contributed by atoms with Crippen LogP contribution in [0.25, 0.3) is 0 Å². The van der Waals surface area contributed by atoms with Crippen LogP contribution < -0.4 is 10.6 Å². The Morgan fingerprint density at radius 1 is 1.47 bits per heavy atom. The van der Waals surface area contributed by atoms with E-state index in [0.717, 1.165) is 32.4 Å². The van der Waals surface area contributed by atoms with E-state index in [1.54, 1.807) is 22.6 Å². The molecule has 1 aromatic carbocycles. The first-order valence-electron chi connectivity index (χ1n) is 6.18. The first-order chi connectivity index (χ1) is 9.08. The minimum absolute atomic E-state index is 0.0740. The molecular formula is C12H15FIN3O2. The van der Waals surface area contributed by atoms with Gasteiger partial charge in [-0.05, 0) is 42.0 Å². The molecule has 0 saturated carbocycles. The predicted octanol–water partition coefficient (Wildman–Crippen LogP) is 2.89. The number of nitrogens with one attached hydrogen (secondary N) is 2. The fourth-order valence-electron chi connectivity index (χ4n) is 2.17. The predicted molar refractivity (Wildman–Crippen MR) is 79.9 cm³/mol. The van der Waals surface area contributed by atoms with E-state index in [1.807, 2.05) is 0 Å². The molecule has 0 amide bonds. The molecule has 0 radical (unpaired) electrons. The maximum atomic E-state index is 13.6. The summed E-state index contributed by atoms with van der Waals surface area (Å²) in [5.41, 5.74) is 0.187. The largest absolute Gasteiger partial charge is 0.375 e. The van der Waals surface area contributed by atoms with E-state index < -0.39 is 10.7 Å². The summed E-state index contributed by atoms with van der Waals surface area (Å²) in [6, 6.07) is 2.58. The number of hydrogen-bond donors (Lipinski definition) is 2. The maximum Gasteiger partial charge on any atom is 0.293 e. The maximum absolute atomic E-state index is 13.6. The summed E-state index contributed by atoms with van der Waals surface area (Å²) in [5.74, 6) is -0.435. The van der Waals surface area contributed by atoms with Crippen molar-refractivity contribution >= 4 is 34.0 Å². The van der Waals surface area contributed by atoms with E-state index in [9.17, 15) is 14.5 Å². The van der Waals surface area contributed by atoms with Crippen LogP contribution in [0.5, 0.6) is 0 Å². The molecule has 1 aliphatic rings. The molecule has 5 nitrogen and oxygen atoms in total. The van der Waals surface area contributed by atoms with Gasteiger partial charge in [-0.2, -0.15) is 0 Å². The normalized spacial score (nSPS) is 19.8.